The number of carbonyl (C=O) groups excluding carboxylic acids is 1. The number of aromatic nitrogens is 2. The molecule has 0 bridgehead atoms. The largest absolute Gasteiger partial charge is 0.376 e. The highest BCUT2D eigenvalue weighted by atomic mass is 16.5. The predicted molar refractivity (Wildman–Crippen MR) is 84.4 cm³/mol. The number of fused-ring (bicyclic) bond motifs is 1. The maximum absolute atomic E-state index is 12.8. The summed E-state index contributed by atoms with van der Waals surface area (Å²) in [4.78, 5) is 17.3. The summed E-state index contributed by atoms with van der Waals surface area (Å²) in [6, 6.07) is 1.89. The highest BCUT2D eigenvalue weighted by Crippen LogP contribution is 2.40. The number of pyridine rings is 1. The molecule has 0 radical (unpaired) electrons. The molecule has 1 aliphatic heterocycles. The quantitative estimate of drug-likeness (QED) is 0.938. The van der Waals surface area contributed by atoms with Crippen molar-refractivity contribution < 1.29 is 14.1 Å². The van der Waals surface area contributed by atoms with E-state index in [-0.39, 0.29) is 18.1 Å². The van der Waals surface area contributed by atoms with Crippen LogP contribution >= 0.6 is 0 Å². The number of amides is 1. The van der Waals surface area contributed by atoms with Crippen LogP contribution in [0.4, 0.5) is 0 Å². The van der Waals surface area contributed by atoms with Gasteiger partial charge in [0.1, 0.15) is 0 Å². The minimum absolute atomic E-state index is 0.0160. The molecule has 6 nitrogen and oxygen atoms in total. The van der Waals surface area contributed by atoms with E-state index in [1.165, 1.54) is 0 Å². The van der Waals surface area contributed by atoms with Gasteiger partial charge in [-0.2, -0.15) is 0 Å². The van der Waals surface area contributed by atoms with Crippen molar-refractivity contribution in [1.82, 2.24) is 15.5 Å². The zero-order valence-corrected chi connectivity index (χ0v) is 13.5. The first kappa shape index (κ1) is 14.6. The van der Waals surface area contributed by atoms with Crippen LogP contribution in [0, 0.1) is 6.92 Å². The fourth-order valence-electron chi connectivity index (χ4n) is 3.26. The fraction of sp³-hybridized carbons (Fsp3) is 0.588. The van der Waals surface area contributed by atoms with Crippen molar-refractivity contribution in [3.05, 3.63) is 23.0 Å². The van der Waals surface area contributed by atoms with Gasteiger partial charge in [0, 0.05) is 18.2 Å². The Balaban J connectivity index is 1.65. The van der Waals surface area contributed by atoms with Gasteiger partial charge in [-0.3, -0.25) is 4.79 Å². The van der Waals surface area contributed by atoms with Crippen LogP contribution in [0.3, 0.4) is 0 Å². The average Bonchev–Trinajstić information content (AvgIpc) is 3.11. The molecule has 2 aromatic rings. The number of rotatable bonds is 4. The highest BCUT2D eigenvalue weighted by molar-refractivity contribution is 6.06. The summed E-state index contributed by atoms with van der Waals surface area (Å²) in [7, 11) is 0. The molecule has 2 atom stereocenters. The second-order valence-electron chi connectivity index (χ2n) is 6.63. The Morgan fingerprint density at radius 2 is 2.22 bits per heavy atom. The standard InChI is InChI=1S/C17H21N3O3/c1-9(14-4-3-7-22-14)18-16(21)12-8-13(11-5-6-11)19-17-15(12)10(2)20-23-17/h8-9,11,14H,3-7H2,1-2H3,(H,18,21)/t9-,14+/m0/s1. The van der Waals surface area contributed by atoms with Gasteiger partial charge in [0.25, 0.3) is 11.6 Å². The van der Waals surface area contributed by atoms with E-state index in [0.29, 0.717) is 28.3 Å². The maximum atomic E-state index is 12.8. The van der Waals surface area contributed by atoms with Crippen LogP contribution in [0.1, 0.15) is 60.3 Å². The minimum Gasteiger partial charge on any atom is -0.376 e. The van der Waals surface area contributed by atoms with Gasteiger partial charge >= 0.3 is 0 Å². The monoisotopic (exact) mass is 315 g/mol. The second kappa shape index (κ2) is 5.60. The fourth-order valence-corrected chi connectivity index (χ4v) is 3.26. The first-order valence-electron chi connectivity index (χ1n) is 8.33. The number of hydrogen-bond acceptors (Lipinski definition) is 5. The Hall–Kier alpha value is -1.95. The Morgan fingerprint density at radius 3 is 2.91 bits per heavy atom. The van der Waals surface area contributed by atoms with E-state index in [4.69, 9.17) is 9.26 Å². The molecule has 23 heavy (non-hydrogen) atoms. The molecule has 2 aliphatic rings. The molecule has 1 saturated heterocycles. The summed E-state index contributed by atoms with van der Waals surface area (Å²) in [5.41, 5.74) is 2.70. The number of ether oxygens (including phenoxy) is 1. The number of nitrogens with one attached hydrogen (secondary N) is 1. The molecule has 0 unspecified atom stereocenters. The van der Waals surface area contributed by atoms with Gasteiger partial charge in [0.2, 0.25) is 0 Å². The van der Waals surface area contributed by atoms with Gasteiger partial charge in [-0.05, 0) is 45.6 Å². The van der Waals surface area contributed by atoms with Crippen molar-refractivity contribution in [3.63, 3.8) is 0 Å². The van der Waals surface area contributed by atoms with Crippen molar-refractivity contribution in [2.24, 2.45) is 0 Å². The number of aryl methyl sites for hydroxylation is 1. The second-order valence-corrected chi connectivity index (χ2v) is 6.63. The van der Waals surface area contributed by atoms with Gasteiger partial charge in [0.15, 0.2) is 0 Å². The summed E-state index contributed by atoms with van der Waals surface area (Å²) in [5.74, 6) is 0.348. The lowest BCUT2D eigenvalue weighted by Gasteiger charge is -2.20. The Morgan fingerprint density at radius 1 is 1.39 bits per heavy atom. The summed E-state index contributed by atoms with van der Waals surface area (Å²) < 4.78 is 11.0. The lowest BCUT2D eigenvalue weighted by molar-refractivity contribution is 0.0713. The topological polar surface area (TPSA) is 77.2 Å². The third-order valence-electron chi connectivity index (χ3n) is 4.76. The normalized spacial score (nSPS) is 22.4. The Kier molecular flexibility index (Phi) is 3.56. The lowest BCUT2D eigenvalue weighted by atomic mass is 10.1. The van der Waals surface area contributed by atoms with Gasteiger partial charge in [-0.25, -0.2) is 4.98 Å². The van der Waals surface area contributed by atoms with Crippen LogP contribution in [-0.2, 0) is 4.74 Å². The zero-order valence-electron chi connectivity index (χ0n) is 13.5. The van der Waals surface area contributed by atoms with Crippen LogP contribution in [0.5, 0.6) is 0 Å². The van der Waals surface area contributed by atoms with Crippen LogP contribution < -0.4 is 5.32 Å². The third kappa shape index (κ3) is 2.72. The summed E-state index contributed by atoms with van der Waals surface area (Å²) in [5, 5.41) is 7.76. The zero-order chi connectivity index (χ0) is 16.0. The summed E-state index contributed by atoms with van der Waals surface area (Å²) in [6.45, 7) is 4.61. The highest BCUT2D eigenvalue weighted by Gasteiger charge is 2.30. The minimum atomic E-state index is -0.103. The van der Waals surface area contributed by atoms with Crippen LogP contribution in [0.2, 0.25) is 0 Å². The molecule has 1 saturated carbocycles. The van der Waals surface area contributed by atoms with E-state index >= 15 is 0 Å². The van der Waals surface area contributed by atoms with E-state index in [1.807, 2.05) is 19.9 Å². The molecule has 4 rings (SSSR count). The molecule has 1 amide bonds. The van der Waals surface area contributed by atoms with Crippen LogP contribution in [-0.4, -0.2) is 34.8 Å². The summed E-state index contributed by atoms with van der Waals surface area (Å²) in [6.07, 6.45) is 4.40. The van der Waals surface area contributed by atoms with Gasteiger partial charge in [-0.15, -0.1) is 0 Å². The molecule has 122 valence electrons. The molecule has 0 aromatic carbocycles. The molecule has 1 N–H and O–H groups in total. The molecule has 6 heteroatoms. The predicted octanol–water partition coefficient (Wildman–Crippen LogP) is 2.71. The number of hydrogen-bond donors (Lipinski definition) is 1. The third-order valence-corrected chi connectivity index (χ3v) is 4.76. The number of carbonyl (C=O) groups is 1. The average molecular weight is 315 g/mol. The van der Waals surface area contributed by atoms with Gasteiger partial charge in [0.05, 0.1) is 28.8 Å². The van der Waals surface area contributed by atoms with Crippen molar-refractivity contribution in [2.75, 3.05) is 6.61 Å². The first-order chi connectivity index (χ1) is 11.1. The van der Waals surface area contributed by atoms with Crippen molar-refractivity contribution in [3.8, 4) is 0 Å². The molecule has 2 fully saturated rings. The van der Waals surface area contributed by atoms with Crippen molar-refractivity contribution in [1.29, 1.82) is 0 Å². The smallest absolute Gasteiger partial charge is 0.259 e. The van der Waals surface area contributed by atoms with Crippen molar-refractivity contribution in [2.45, 2.75) is 57.6 Å². The molecule has 2 aromatic heterocycles. The number of nitrogens with zero attached hydrogens (tertiary/aromatic N) is 2. The van der Waals surface area contributed by atoms with Crippen LogP contribution in [0.25, 0.3) is 11.1 Å². The maximum Gasteiger partial charge on any atom is 0.259 e. The van der Waals surface area contributed by atoms with E-state index in [9.17, 15) is 4.79 Å². The van der Waals surface area contributed by atoms with E-state index < -0.39 is 0 Å². The van der Waals surface area contributed by atoms with Crippen molar-refractivity contribution >= 4 is 17.0 Å². The van der Waals surface area contributed by atoms with E-state index in [1.54, 1.807) is 0 Å². The first-order valence-corrected chi connectivity index (χ1v) is 8.33. The van der Waals surface area contributed by atoms with Gasteiger partial charge in [-0.1, -0.05) is 5.16 Å². The van der Waals surface area contributed by atoms with E-state index in [2.05, 4.69) is 15.5 Å². The molecule has 3 heterocycles. The van der Waals surface area contributed by atoms with Crippen LogP contribution in [0.15, 0.2) is 10.6 Å². The van der Waals surface area contributed by atoms with Gasteiger partial charge < -0.3 is 14.6 Å². The SMILES string of the molecule is Cc1noc2nc(C3CC3)cc(C(=O)N[C@@H](C)[C@H]3CCCO3)c12. The van der Waals surface area contributed by atoms with E-state index in [0.717, 1.165) is 38.0 Å². The lowest BCUT2D eigenvalue weighted by Crippen LogP contribution is -2.41. The summed E-state index contributed by atoms with van der Waals surface area (Å²) >= 11 is 0. The molecular weight excluding hydrogens is 294 g/mol. The molecular formula is C17H21N3O3. The Labute approximate surface area is 134 Å². The molecule has 0 spiro atoms. The molecule has 1 aliphatic carbocycles. The Bertz CT molecular complexity index is 745.